The SMILES string of the molecule is COc1cccc2[nH]c(C(=O)N3C[C@@H]4C[C@@H]4[C@H]3C(=O)N[C@H](C#N)C[C@@H]3CCCNC3=O)cc12. The Morgan fingerprint density at radius 3 is 3.00 bits per heavy atom. The maximum absolute atomic E-state index is 13.4. The van der Waals surface area contributed by atoms with E-state index in [0.29, 0.717) is 36.9 Å². The fourth-order valence-electron chi connectivity index (χ4n) is 5.33. The van der Waals surface area contributed by atoms with Crippen molar-refractivity contribution in [3.63, 3.8) is 0 Å². The number of carbonyl (C=O) groups is 3. The number of piperidine rings is 2. The molecule has 2 aromatic rings. The van der Waals surface area contributed by atoms with Gasteiger partial charge in [-0.1, -0.05) is 6.07 Å². The van der Waals surface area contributed by atoms with Crippen molar-refractivity contribution in [2.75, 3.05) is 20.2 Å². The lowest BCUT2D eigenvalue weighted by molar-refractivity contribution is -0.129. The number of nitrogens with zero attached hydrogens (tertiary/aromatic N) is 2. The highest BCUT2D eigenvalue weighted by Gasteiger charge is 2.57. The fourth-order valence-corrected chi connectivity index (χ4v) is 5.33. The number of aromatic nitrogens is 1. The number of methoxy groups -OCH3 is 1. The molecule has 0 spiro atoms. The average Bonchev–Trinajstić information content (AvgIpc) is 3.27. The Hall–Kier alpha value is -3.54. The van der Waals surface area contributed by atoms with Crippen LogP contribution in [0.25, 0.3) is 10.9 Å². The Kier molecular flexibility index (Phi) is 5.44. The van der Waals surface area contributed by atoms with Gasteiger partial charge in [0.25, 0.3) is 5.91 Å². The van der Waals surface area contributed by atoms with Crippen LogP contribution in [-0.2, 0) is 9.59 Å². The number of nitrogens with one attached hydrogen (secondary N) is 3. The number of carbonyl (C=O) groups excluding carboxylic acids is 3. The number of ether oxygens (including phenoxy) is 1. The minimum atomic E-state index is -0.765. The number of benzene rings is 1. The van der Waals surface area contributed by atoms with Crippen LogP contribution >= 0.6 is 0 Å². The topological polar surface area (TPSA) is 127 Å². The summed E-state index contributed by atoms with van der Waals surface area (Å²) in [6.45, 7) is 1.18. The summed E-state index contributed by atoms with van der Waals surface area (Å²) >= 11 is 0. The molecule has 3 N–H and O–H groups in total. The van der Waals surface area contributed by atoms with Crippen LogP contribution in [0.5, 0.6) is 5.75 Å². The summed E-state index contributed by atoms with van der Waals surface area (Å²) < 4.78 is 5.39. The van der Waals surface area contributed by atoms with Gasteiger partial charge in [0.05, 0.1) is 13.2 Å². The van der Waals surface area contributed by atoms with Crippen molar-refractivity contribution in [1.82, 2.24) is 20.5 Å². The van der Waals surface area contributed by atoms with E-state index in [2.05, 4.69) is 21.7 Å². The third kappa shape index (κ3) is 3.90. The van der Waals surface area contributed by atoms with Crippen molar-refractivity contribution >= 4 is 28.6 Å². The molecule has 5 atom stereocenters. The molecule has 3 fully saturated rings. The molecule has 3 amide bonds. The molecule has 1 aromatic carbocycles. The van der Waals surface area contributed by atoms with Crippen molar-refractivity contribution in [3.05, 3.63) is 30.0 Å². The van der Waals surface area contributed by atoms with E-state index in [0.717, 1.165) is 23.7 Å². The zero-order valence-corrected chi connectivity index (χ0v) is 18.5. The van der Waals surface area contributed by atoms with Crippen LogP contribution < -0.4 is 15.4 Å². The molecule has 9 heteroatoms. The van der Waals surface area contributed by atoms with E-state index in [1.54, 1.807) is 18.1 Å². The first-order valence-corrected chi connectivity index (χ1v) is 11.4. The van der Waals surface area contributed by atoms with E-state index in [-0.39, 0.29) is 36.0 Å². The van der Waals surface area contributed by atoms with E-state index in [4.69, 9.17) is 4.74 Å². The van der Waals surface area contributed by atoms with E-state index in [9.17, 15) is 19.6 Å². The Morgan fingerprint density at radius 2 is 2.24 bits per heavy atom. The van der Waals surface area contributed by atoms with Crippen LogP contribution in [0, 0.1) is 29.1 Å². The molecule has 3 heterocycles. The highest BCUT2D eigenvalue weighted by atomic mass is 16.5. The molecule has 1 aliphatic carbocycles. The summed E-state index contributed by atoms with van der Waals surface area (Å²) in [6, 6.07) is 8.07. The van der Waals surface area contributed by atoms with Gasteiger partial charge in [-0.3, -0.25) is 14.4 Å². The molecule has 0 radical (unpaired) electrons. The summed E-state index contributed by atoms with van der Waals surface area (Å²) in [5, 5.41) is 16.0. The van der Waals surface area contributed by atoms with Gasteiger partial charge >= 0.3 is 0 Å². The van der Waals surface area contributed by atoms with E-state index in [1.807, 2.05) is 18.2 Å². The molecule has 1 saturated carbocycles. The van der Waals surface area contributed by atoms with Crippen LogP contribution in [0.3, 0.4) is 0 Å². The Bertz CT molecular complexity index is 1150. The molecular formula is C24H27N5O4. The largest absolute Gasteiger partial charge is 0.496 e. The van der Waals surface area contributed by atoms with E-state index >= 15 is 0 Å². The minimum Gasteiger partial charge on any atom is -0.496 e. The van der Waals surface area contributed by atoms with Crippen molar-refractivity contribution in [3.8, 4) is 11.8 Å². The monoisotopic (exact) mass is 449 g/mol. The van der Waals surface area contributed by atoms with Crippen LogP contribution in [0.15, 0.2) is 24.3 Å². The van der Waals surface area contributed by atoms with Crippen molar-refractivity contribution in [2.45, 2.75) is 37.8 Å². The van der Waals surface area contributed by atoms with Gasteiger partial charge in [0.15, 0.2) is 0 Å². The smallest absolute Gasteiger partial charge is 0.271 e. The number of amides is 3. The molecule has 5 rings (SSSR count). The van der Waals surface area contributed by atoms with Gasteiger partial charge < -0.3 is 25.3 Å². The first-order valence-electron chi connectivity index (χ1n) is 11.4. The minimum absolute atomic E-state index is 0.0649. The molecule has 9 nitrogen and oxygen atoms in total. The number of hydrogen-bond acceptors (Lipinski definition) is 5. The second-order valence-electron chi connectivity index (χ2n) is 9.22. The Morgan fingerprint density at radius 1 is 1.39 bits per heavy atom. The van der Waals surface area contributed by atoms with Gasteiger partial charge in [0, 0.05) is 29.9 Å². The van der Waals surface area contributed by atoms with Crippen molar-refractivity contribution < 1.29 is 19.1 Å². The Labute approximate surface area is 191 Å². The number of nitriles is 1. The predicted molar refractivity (Wildman–Crippen MR) is 119 cm³/mol. The van der Waals surface area contributed by atoms with Crippen LogP contribution in [0.4, 0.5) is 0 Å². The first kappa shape index (κ1) is 21.3. The second kappa shape index (κ2) is 8.43. The molecular weight excluding hydrogens is 422 g/mol. The molecule has 1 aromatic heterocycles. The number of hydrogen-bond donors (Lipinski definition) is 3. The van der Waals surface area contributed by atoms with Gasteiger partial charge in [-0.25, -0.2) is 0 Å². The summed E-state index contributed by atoms with van der Waals surface area (Å²) in [4.78, 5) is 43.4. The molecule has 0 bridgehead atoms. The van der Waals surface area contributed by atoms with Crippen molar-refractivity contribution in [1.29, 1.82) is 5.26 Å². The molecule has 2 saturated heterocycles. The lowest BCUT2D eigenvalue weighted by Crippen LogP contribution is -2.51. The first-order chi connectivity index (χ1) is 16.0. The fraction of sp³-hybridized carbons (Fsp3) is 0.500. The summed E-state index contributed by atoms with van der Waals surface area (Å²) in [6.07, 6.45) is 2.77. The summed E-state index contributed by atoms with van der Waals surface area (Å²) in [7, 11) is 1.58. The maximum Gasteiger partial charge on any atom is 0.271 e. The molecule has 0 unspecified atom stereocenters. The maximum atomic E-state index is 13.4. The van der Waals surface area contributed by atoms with Gasteiger partial charge in [-0.15, -0.1) is 0 Å². The number of rotatable bonds is 6. The number of likely N-dealkylation sites (tertiary alicyclic amines) is 1. The summed E-state index contributed by atoms with van der Waals surface area (Å²) in [5.74, 6) is 0.207. The van der Waals surface area contributed by atoms with Gasteiger partial charge in [0.2, 0.25) is 11.8 Å². The quantitative estimate of drug-likeness (QED) is 0.617. The second-order valence-corrected chi connectivity index (χ2v) is 9.22. The lowest BCUT2D eigenvalue weighted by Gasteiger charge is -2.28. The van der Waals surface area contributed by atoms with Gasteiger partial charge in [0.1, 0.15) is 23.5 Å². The molecule has 3 aliphatic rings. The summed E-state index contributed by atoms with van der Waals surface area (Å²) in [5.41, 5.74) is 1.20. The van der Waals surface area contributed by atoms with E-state index in [1.165, 1.54) is 0 Å². The molecule has 2 aliphatic heterocycles. The normalized spacial score (nSPS) is 26.8. The van der Waals surface area contributed by atoms with Crippen LogP contribution in [-0.4, -0.2) is 59.9 Å². The van der Waals surface area contributed by atoms with Crippen molar-refractivity contribution in [2.24, 2.45) is 17.8 Å². The third-order valence-corrected chi connectivity index (χ3v) is 7.15. The third-order valence-electron chi connectivity index (χ3n) is 7.15. The number of H-pyrrole nitrogens is 1. The highest BCUT2D eigenvalue weighted by Crippen LogP contribution is 2.50. The van der Waals surface area contributed by atoms with Crippen LogP contribution in [0.2, 0.25) is 0 Å². The lowest BCUT2D eigenvalue weighted by atomic mass is 9.92. The molecule has 33 heavy (non-hydrogen) atoms. The average molecular weight is 450 g/mol. The zero-order valence-electron chi connectivity index (χ0n) is 18.5. The number of fused-ring (bicyclic) bond motifs is 2. The highest BCUT2D eigenvalue weighted by molar-refractivity contribution is 6.02. The van der Waals surface area contributed by atoms with E-state index < -0.39 is 12.1 Å². The number of aromatic amines is 1. The Balaban J connectivity index is 1.31. The van der Waals surface area contributed by atoms with Gasteiger partial charge in [-0.05, 0) is 55.7 Å². The zero-order chi connectivity index (χ0) is 23.1. The standard InChI is InChI=1S/C24H27N5O4/c1-33-20-6-2-5-18-17(20)10-19(28-18)24(32)29-12-14-9-16(14)21(29)23(31)27-15(11-25)8-13-4-3-7-26-22(13)30/h2,5-6,10,13-16,21,28H,3-4,7-9,12H2,1H3,(H,26,30)(H,27,31)/t13-,14-,15-,16-,21-/m0/s1. The molecule has 172 valence electrons. The van der Waals surface area contributed by atoms with Gasteiger partial charge in [-0.2, -0.15) is 5.26 Å². The van der Waals surface area contributed by atoms with Crippen LogP contribution in [0.1, 0.15) is 36.2 Å². The predicted octanol–water partition coefficient (Wildman–Crippen LogP) is 1.56.